The zero-order chi connectivity index (χ0) is 30.6. The molecule has 2 aromatic heterocycles. The number of aromatic nitrogens is 3. The number of rotatable bonds is 11. The molecule has 0 radical (unpaired) electrons. The fraction of sp³-hybridized carbons (Fsp3) is 0.387. The molecule has 42 heavy (non-hydrogen) atoms. The van der Waals surface area contributed by atoms with Gasteiger partial charge in [-0.2, -0.15) is 22.8 Å². The molecule has 0 spiro atoms. The predicted octanol–water partition coefficient (Wildman–Crippen LogP) is 5.94. The first-order chi connectivity index (χ1) is 19.9. The number of fused-ring (bicyclic) bond motifs is 1. The summed E-state index contributed by atoms with van der Waals surface area (Å²) in [6.07, 6.45) is -2.93. The summed E-state index contributed by atoms with van der Waals surface area (Å²) in [5.74, 6) is -0.356. The van der Waals surface area contributed by atoms with Crippen LogP contribution in [0.15, 0.2) is 65.5 Å². The van der Waals surface area contributed by atoms with Gasteiger partial charge in [0, 0.05) is 30.3 Å². The zero-order valence-electron chi connectivity index (χ0n) is 24.2. The number of carbonyl (C=O) groups excluding carboxylic acids is 1. The summed E-state index contributed by atoms with van der Waals surface area (Å²) in [5.41, 5.74) is 1.65. The average Bonchev–Trinajstić information content (AvgIpc) is 3.24. The van der Waals surface area contributed by atoms with E-state index in [0.29, 0.717) is 54.3 Å². The van der Waals surface area contributed by atoms with Gasteiger partial charge < -0.3 is 9.80 Å². The molecule has 0 fully saturated rings. The Morgan fingerprint density at radius 1 is 1.05 bits per heavy atom. The summed E-state index contributed by atoms with van der Waals surface area (Å²) >= 11 is 6.52. The van der Waals surface area contributed by atoms with Crippen LogP contribution in [-0.4, -0.2) is 63.1 Å². The predicted molar refractivity (Wildman–Crippen MR) is 158 cm³/mol. The quantitative estimate of drug-likeness (QED) is 0.213. The van der Waals surface area contributed by atoms with Gasteiger partial charge in [0.25, 0.3) is 5.91 Å². The first kappa shape index (κ1) is 31.3. The van der Waals surface area contributed by atoms with E-state index < -0.39 is 11.7 Å². The molecule has 0 bridgehead atoms. The lowest BCUT2D eigenvalue weighted by atomic mass is 10.0. The maximum absolute atomic E-state index is 13.8. The summed E-state index contributed by atoms with van der Waals surface area (Å²) in [6.45, 7) is 5.11. The summed E-state index contributed by atoms with van der Waals surface area (Å²) in [5, 5.41) is 4.73. The molecule has 7 nitrogen and oxygen atoms in total. The van der Waals surface area contributed by atoms with E-state index in [1.807, 2.05) is 62.3 Å². The van der Waals surface area contributed by atoms with E-state index in [0.717, 1.165) is 24.2 Å². The topological polar surface area (TPSA) is 62.9 Å². The summed E-state index contributed by atoms with van der Waals surface area (Å²) in [7, 11) is 3.88. The van der Waals surface area contributed by atoms with E-state index in [2.05, 4.69) is 5.10 Å². The van der Waals surface area contributed by atoms with Gasteiger partial charge in [-0.25, -0.2) is 4.79 Å². The van der Waals surface area contributed by atoms with Crippen LogP contribution in [-0.2, 0) is 19.1 Å². The van der Waals surface area contributed by atoms with Gasteiger partial charge in [-0.15, -0.1) is 0 Å². The third-order valence-corrected chi connectivity index (χ3v) is 7.81. The molecule has 11 heteroatoms. The molecular formula is C31H35ClF3N5O2. The van der Waals surface area contributed by atoms with E-state index in [1.54, 1.807) is 16.4 Å². The van der Waals surface area contributed by atoms with Crippen molar-refractivity contribution in [1.82, 2.24) is 24.0 Å². The fourth-order valence-corrected chi connectivity index (χ4v) is 5.24. The summed E-state index contributed by atoms with van der Waals surface area (Å²) < 4.78 is 42.5. The number of amides is 1. The van der Waals surface area contributed by atoms with Crippen LogP contribution < -0.4 is 5.69 Å². The van der Waals surface area contributed by atoms with Crippen molar-refractivity contribution in [2.24, 2.45) is 0 Å². The molecular weight excluding hydrogens is 567 g/mol. The molecule has 0 saturated heterocycles. The maximum atomic E-state index is 13.8. The molecule has 2 heterocycles. The lowest BCUT2D eigenvalue weighted by Crippen LogP contribution is -2.44. The molecule has 2 aromatic carbocycles. The van der Waals surface area contributed by atoms with Crippen LogP contribution in [0, 0.1) is 6.92 Å². The Morgan fingerprint density at radius 3 is 2.31 bits per heavy atom. The van der Waals surface area contributed by atoms with Gasteiger partial charge >= 0.3 is 11.9 Å². The van der Waals surface area contributed by atoms with Crippen molar-refractivity contribution in [3.8, 4) is 0 Å². The Hall–Kier alpha value is -3.63. The second-order valence-electron chi connectivity index (χ2n) is 10.7. The van der Waals surface area contributed by atoms with Crippen molar-refractivity contribution in [1.29, 1.82) is 0 Å². The molecule has 0 N–H and O–H groups in total. The Bertz CT molecular complexity index is 1580. The highest BCUT2D eigenvalue weighted by atomic mass is 35.5. The smallest absolute Gasteiger partial charge is 0.335 e. The number of hydrogen-bond donors (Lipinski definition) is 0. The van der Waals surface area contributed by atoms with E-state index in [1.165, 1.54) is 16.6 Å². The third-order valence-electron chi connectivity index (χ3n) is 7.35. The van der Waals surface area contributed by atoms with Crippen LogP contribution in [0.25, 0.3) is 5.52 Å². The monoisotopic (exact) mass is 601 g/mol. The molecule has 224 valence electrons. The van der Waals surface area contributed by atoms with Crippen molar-refractivity contribution in [3.63, 3.8) is 0 Å². The Balaban J connectivity index is 1.75. The second kappa shape index (κ2) is 13.1. The highest BCUT2D eigenvalue weighted by molar-refractivity contribution is 6.34. The van der Waals surface area contributed by atoms with Crippen LogP contribution in [0.1, 0.15) is 52.6 Å². The maximum Gasteiger partial charge on any atom is 0.416 e. The van der Waals surface area contributed by atoms with E-state index in [4.69, 9.17) is 11.6 Å². The van der Waals surface area contributed by atoms with E-state index in [9.17, 15) is 22.8 Å². The van der Waals surface area contributed by atoms with Crippen molar-refractivity contribution in [2.75, 3.05) is 27.2 Å². The number of carbonyl (C=O) groups is 1. The lowest BCUT2D eigenvalue weighted by Gasteiger charge is -2.33. The number of halogens is 4. The third kappa shape index (κ3) is 7.04. The standard InChI is InChI=1S/C31H35ClF3N5O2/c1-5-25(38(17-9-16-37(3)4)29(41)23-12-14-24(15-13-23)31(33,34)35)18-26-19-27-28(32)21(2)36-40(27)30(42)39(26)20-22-10-7-6-8-11-22/h6-8,10-15,19,25H,5,9,16-18,20H2,1-4H3. The first-order valence-corrected chi connectivity index (χ1v) is 14.2. The average molecular weight is 602 g/mol. The van der Waals surface area contributed by atoms with Gasteiger partial charge in [0.05, 0.1) is 28.3 Å². The first-order valence-electron chi connectivity index (χ1n) is 13.8. The molecule has 0 aliphatic heterocycles. The number of benzene rings is 2. The Labute approximate surface area is 248 Å². The van der Waals surface area contributed by atoms with Crippen molar-refractivity contribution < 1.29 is 18.0 Å². The summed E-state index contributed by atoms with van der Waals surface area (Å²) in [4.78, 5) is 31.2. The van der Waals surface area contributed by atoms with Crippen LogP contribution in [0.2, 0.25) is 5.02 Å². The largest absolute Gasteiger partial charge is 0.416 e. The molecule has 4 aromatic rings. The van der Waals surface area contributed by atoms with Gasteiger partial charge in [0.1, 0.15) is 0 Å². The van der Waals surface area contributed by atoms with Crippen LogP contribution >= 0.6 is 11.6 Å². The molecule has 0 saturated carbocycles. The van der Waals surface area contributed by atoms with Crippen LogP contribution in [0.5, 0.6) is 0 Å². The van der Waals surface area contributed by atoms with Gasteiger partial charge in [0.2, 0.25) is 0 Å². The Morgan fingerprint density at radius 2 is 1.71 bits per heavy atom. The zero-order valence-corrected chi connectivity index (χ0v) is 24.9. The second-order valence-corrected chi connectivity index (χ2v) is 11.1. The van der Waals surface area contributed by atoms with Gasteiger partial charge in [-0.1, -0.05) is 48.9 Å². The fourth-order valence-electron chi connectivity index (χ4n) is 5.06. The molecule has 1 amide bonds. The van der Waals surface area contributed by atoms with Gasteiger partial charge in [0.15, 0.2) is 0 Å². The number of aryl methyl sites for hydroxylation is 1. The molecule has 1 atom stereocenters. The highest BCUT2D eigenvalue weighted by Crippen LogP contribution is 2.30. The lowest BCUT2D eigenvalue weighted by molar-refractivity contribution is -0.137. The van der Waals surface area contributed by atoms with Gasteiger partial charge in [-0.05, 0) is 76.3 Å². The minimum atomic E-state index is -4.49. The minimum absolute atomic E-state index is 0.179. The van der Waals surface area contributed by atoms with Gasteiger partial charge in [-0.3, -0.25) is 9.36 Å². The normalized spacial score (nSPS) is 12.7. The SMILES string of the molecule is CCC(Cc1cc2c(Cl)c(C)nn2c(=O)n1Cc1ccccc1)N(CCCN(C)C)C(=O)c1ccc(C(F)(F)F)cc1. The van der Waals surface area contributed by atoms with Crippen molar-refractivity contribution in [2.45, 2.75) is 51.9 Å². The van der Waals surface area contributed by atoms with E-state index >= 15 is 0 Å². The Kier molecular flexibility index (Phi) is 9.78. The molecule has 0 aliphatic carbocycles. The van der Waals surface area contributed by atoms with E-state index in [-0.39, 0.29) is 23.2 Å². The number of nitrogens with zero attached hydrogens (tertiary/aromatic N) is 5. The van der Waals surface area contributed by atoms with Crippen LogP contribution in [0.3, 0.4) is 0 Å². The molecule has 1 unspecified atom stereocenters. The number of hydrogen-bond acceptors (Lipinski definition) is 4. The minimum Gasteiger partial charge on any atom is -0.335 e. The molecule has 4 rings (SSSR count). The van der Waals surface area contributed by atoms with Crippen molar-refractivity contribution >= 4 is 23.0 Å². The highest BCUT2D eigenvalue weighted by Gasteiger charge is 2.31. The van der Waals surface area contributed by atoms with Crippen LogP contribution in [0.4, 0.5) is 13.2 Å². The number of alkyl halides is 3. The van der Waals surface area contributed by atoms with Crippen molar-refractivity contribution in [3.05, 3.63) is 104 Å². The summed E-state index contributed by atoms with van der Waals surface area (Å²) in [6, 6.07) is 15.4. The molecule has 0 aliphatic rings.